The third-order valence-electron chi connectivity index (χ3n) is 5.15. The van der Waals surface area contributed by atoms with Crippen molar-refractivity contribution in [3.05, 3.63) is 144 Å². The number of rotatable bonds is 8. The summed E-state index contributed by atoms with van der Waals surface area (Å²) in [6.45, 7) is 2.41. The molecule has 0 saturated heterocycles. The van der Waals surface area contributed by atoms with Crippen LogP contribution in [-0.2, 0) is 9.53 Å². The number of hydrogen-bond donors (Lipinski definition) is 2. The lowest BCUT2D eigenvalue weighted by Gasteiger charge is -2.19. The topological polar surface area (TPSA) is 62.2 Å². The van der Waals surface area contributed by atoms with Crippen molar-refractivity contribution in [2.45, 2.75) is 13.0 Å². The molecule has 0 amide bonds. The zero-order valence-corrected chi connectivity index (χ0v) is 19.4. The molecule has 0 aliphatic heterocycles. The second-order valence-electron chi connectivity index (χ2n) is 7.55. The molecule has 0 bridgehead atoms. The molecular weight excluding hydrogens is 420 g/mol. The van der Waals surface area contributed by atoms with Gasteiger partial charge in [-0.3, -0.25) is 15.5 Å². The van der Waals surface area contributed by atoms with E-state index in [0.29, 0.717) is 12.3 Å². The van der Waals surface area contributed by atoms with Crippen LogP contribution in [0.15, 0.2) is 121 Å². The molecular formula is C30H30N2O2. The molecule has 34 heavy (non-hydrogen) atoms. The van der Waals surface area contributed by atoms with Crippen molar-refractivity contribution in [1.29, 1.82) is 5.41 Å². The maximum atomic E-state index is 11.5. The second-order valence-corrected chi connectivity index (χ2v) is 7.55. The fourth-order valence-corrected chi connectivity index (χ4v) is 3.49. The van der Waals surface area contributed by atoms with Crippen LogP contribution in [-0.4, -0.2) is 24.8 Å². The van der Waals surface area contributed by atoms with Gasteiger partial charge in [0.25, 0.3) is 0 Å². The molecule has 0 heterocycles. The summed E-state index contributed by atoms with van der Waals surface area (Å²) in [5.41, 5.74) is 4.74. The van der Waals surface area contributed by atoms with Gasteiger partial charge in [-0.15, -0.1) is 0 Å². The van der Waals surface area contributed by atoms with E-state index in [-0.39, 0.29) is 18.6 Å². The van der Waals surface area contributed by atoms with E-state index in [1.165, 1.54) is 0 Å². The van der Waals surface area contributed by atoms with Crippen LogP contribution in [0.3, 0.4) is 0 Å². The van der Waals surface area contributed by atoms with E-state index >= 15 is 0 Å². The average Bonchev–Trinajstić information content (AvgIpc) is 2.91. The largest absolute Gasteiger partial charge is 0.465 e. The van der Waals surface area contributed by atoms with Crippen molar-refractivity contribution in [3.63, 3.8) is 0 Å². The zero-order chi connectivity index (χ0) is 24.0. The van der Waals surface area contributed by atoms with Crippen LogP contribution in [0.4, 0.5) is 0 Å². The normalized spacial score (nSPS) is 10.2. The molecule has 0 spiro atoms. The van der Waals surface area contributed by atoms with E-state index in [4.69, 9.17) is 10.1 Å². The standard InChI is InChI=1S/C17H19NO2.C13H11N/c1-2-20-16(19)13-18-17(14-9-5-3-6-10-14)15-11-7-4-8-12-15;14-13(11-7-3-1-4-8-11)12-9-5-2-6-10-12/h3-12,17-18H,2,13H2,1H3;1-10,14H. The van der Waals surface area contributed by atoms with E-state index in [2.05, 4.69) is 29.6 Å². The van der Waals surface area contributed by atoms with Gasteiger partial charge in [-0.1, -0.05) is 121 Å². The number of carbonyl (C=O) groups excluding carboxylic acids is 1. The molecule has 0 aliphatic carbocycles. The first kappa shape index (κ1) is 24.6. The van der Waals surface area contributed by atoms with Gasteiger partial charge < -0.3 is 4.74 Å². The van der Waals surface area contributed by atoms with Gasteiger partial charge in [0.1, 0.15) is 0 Å². The Bertz CT molecular complexity index is 1050. The summed E-state index contributed by atoms with van der Waals surface area (Å²) in [7, 11) is 0. The second kappa shape index (κ2) is 13.5. The Balaban J connectivity index is 0.000000202. The molecule has 4 rings (SSSR count). The third kappa shape index (κ3) is 7.54. The predicted octanol–water partition coefficient (Wildman–Crippen LogP) is 6.03. The van der Waals surface area contributed by atoms with Crippen LogP contribution in [0.1, 0.15) is 35.2 Å². The van der Waals surface area contributed by atoms with E-state index in [0.717, 1.165) is 22.3 Å². The van der Waals surface area contributed by atoms with E-state index < -0.39 is 0 Å². The molecule has 172 valence electrons. The van der Waals surface area contributed by atoms with Crippen molar-refractivity contribution >= 4 is 11.7 Å². The summed E-state index contributed by atoms with van der Waals surface area (Å²) in [6.07, 6.45) is 0. The van der Waals surface area contributed by atoms with Gasteiger partial charge in [0, 0.05) is 0 Å². The Morgan fingerprint density at radius 2 is 1.09 bits per heavy atom. The SMILES string of the molecule is CCOC(=O)CNC(c1ccccc1)c1ccccc1.N=C(c1ccccc1)c1ccccc1. The van der Waals surface area contributed by atoms with Crippen molar-refractivity contribution < 1.29 is 9.53 Å². The Labute approximate surface area is 201 Å². The predicted molar refractivity (Wildman–Crippen MR) is 138 cm³/mol. The molecule has 0 aliphatic rings. The molecule has 0 fully saturated rings. The minimum atomic E-state index is -0.232. The monoisotopic (exact) mass is 450 g/mol. The average molecular weight is 451 g/mol. The summed E-state index contributed by atoms with van der Waals surface area (Å²) in [5.74, 6) is -0.232. The number of carbonyl (C=O) groups is 1. The highest BCUT2D eigenvalue weighted by Crippen LogP contribution is 2.21. The highest BCUT2D eigenvalue weighted by Gasteiger charge is 2.14. The highest BCUT2D eigenvalue weighted by atomic mass is 16.5. The molecule has 4 heteroatoms. The van der Waals surface area contributed by atoms with Gasteiger partial charge in [-0.25, -0.2) is 0 Å². The van der Waals surface area contributed by atoms with Crippen LogP contribution in [0.5, 0.6) is 0 Å². The van der Waals surface area contributed by atoms with Crippen LogP contribution in [0, 0.1) is 5.41 Å². The van der Waals surface area contributed by atoms with Crippen LogP contribution >= 0.6 is 0 Å². The van der Waals surface area contributed by atoms with Crippen molar-refractivity contribution in [2.24, 2.45) is 0 Å². The van der Waals surface area contributed by atoms with E-state index in [1.807, 2.05) is 104 Å². The summed E-state index contributed by atoms with van der Waals surface area (Å²) < 4.78 is 4.96. The Hall–Kier alpha value is -4.02. The molecule has 2 N–H and O–H groups in total. The fraction of sp³-hybridized carbons (Fsp3) is 0.133. The van der Waals surface area contributed by atoms with Gasteiger partial charge >= 0.3 is 5.97 Å². The summed E-state index contributed by atoms with van der Waals surface area (Å²) in [6, 6.07) is 39.7. The molecule has 4 nitrogen and oxygen atoms in total. The lowest BCUT2D eigenvalue weighted by molar-refractivity contribution is -0.142. The van der Waals surface area contributed by atoms with Crippen molar-refractivity contribution in [1.82, 2.24) is 5.32 Å². The molecule has 4 aromatic rings. The lowest BCUT2D eigenvalue weighted by atomic mass is 9.99. The first-order valence-corrected chi connectivity index (χ1v) is 11.4. The number of benzene rings is 4. The van der Waals surface area contributed by atoms with Crippen molar-refractivity contribution in [2.75, 3.05) is 13.2 Å². The van der Waals surface area contributed by atoms with Crippen LogP contribution in [0.25, 0.3) is 0 Å². The summed E-state index contributed by atoms with van der Waals surface area (Å²) in [4.78, 5) is 11.5. The maximum absolute atomic E-state index is 11.5. The quantitative estimate of drug-likeness (QED) is 0.254. The van der Waals surface area contributed by atoms with E-state index in [9.17, 15) is 4.79 Å². The Morgan fingerprint density at radius 3 is 1.47 bits per heavy atom. The van der Waals surface area contributed by atoms with E-state index in [1.54, 1.807) is 0 Å². The van der Waals surface area contributed by atoms with Gasteiger partial charge in [0.05, 0.1) is 24.9 Å². The van der Waals surface area contributed by atoms with Gasteiger partial charge in [0.2, 0.25) is 0 Å². The minimum absolute atomic E-state index is 0.0122. The van der Waals surface area contributed by atoms with Crippen LogP contribution in [0.2, 0.25) is 0 Å². The fourth-order valence-electron chi connectivity index (χ4n) is 3.49. The zero-order valence-electron chi connectivity index (χ0n) is 19.4. The first-order chi connectivity index (χ1) is 16.7. The number of nitrogens with one attached hydrogen (secondary N) is 2. The molecule has 0 saturated carbocycles. The molecule has 0 unspecified atom stereocenters. The molecule has 0 aromatic heterocycles. The summed E-state index contributed by atoms with van der Waals surface area (Å²) in [5, 5.41) is 11.2. The highest BCUT2D eigenvalue weighted by molar-refractivity contribution is 6.10. The molecule has 4 aromatic carbocycles. The Kier molecular flexibility index (Phi) is 9.78. The first-order valence-electron chi connectivity index (χ1n) is 11.4. The molecule has 0 radical (unpaired) electrons. The van der Waals surface area contributed by atoms with Gasteiger partial charge in [-0.05, 0) is 29.2 Å². The molecule has 0 atom stereocenters. The number of ether oxygens (including phenoxy) is 1. The minimum Gasteiger partial charge on any atom is -0.465 e. The Morgan fingerprint density at radius 1 is 0.706 bits per heavy atom. The van der Waals surface area contributed by atoms with Crippen molar-refractivity contribution in [3.8, 4) is 0 Å². The summed E-state index contributed by atoms with van der Waals surface area (Å²) >= 11 is 0. The van der Waals surface area contributed by atoms with Gasteiger partial charge in [0.15, 0.2) is 0 Å². The van der Waals surface area contributed by atoms with Gasteiger partial charge in [-0.2, -0.15) is 0 Å². The lowest BCUT2D eigenvalue weighted by Crippen LogP contribution is -2.29. The number of hydrogen-bond acceptors (Lipinski definition) is 4. The van der Waals surface area contributed by atoms with Crippen LogP contribution < -0.4 is 5.32 Å². The maximum Gasteiger partial charge on any atom is 0.319 e. The number of esters is 1. The third-order valence-corrected chi connectivity index (χ3v) is 5.15. The smallest absolute Gasteiger partial charge is 0.319 e.